The molecule has 0 saturated heterocycles. The number of furan rings is 1. The highest BCUT2D eigenvalue weighted by Crippen LogP contribution is 2.44. The van der Waals surface area contributed by atoms with Crippen LogP contribution in [0.25, 0.3) is 64.3 Å². The standard InChI is InChI=1S/C26H13ClN2OS/c27-26-28-22-17-10-4-6-12-20(17)31-25(22)23(29-26)18-13-14-7-1-2-8-15(14)21-16-9-3-5-11-19(16)30-24(18)21/h1-13H. The molecule has 0 aliphatic carbocycles. The van der Waals surface area contributed by atoms with Crippen LogP contribution in [0.15, 0.2) is 83.3 Å². The van der Waals surface area contributed by atoms with Crippen molar-refractivity contribution in [1.82, 2.24) is 9.97 Å². The van der Waals surface area contributed by atoms with Gasteiger partial charge in [0.1, 0.15) is 11.2 Å². The largest absolute Gasteiger partial charge is 0.455 e. The van der Waals surface area contributed by atoms with Crippen molar-refractivity contribution >= 4 is 76.0 Å². The van der Waals surface area contributed by atoms with Gasteiger partial charge in [0.05, 0.1) is 15.9 Å². The van der Waals surface area contributed by atoms with E-state index in [9.17, 15) is 0 Å². The number of thiophene rings is 1. The van der Waals surface area contributed by atoms with E-state index in [-0.39, 0.29) is 5.28 Å². The van der Waals surface area contributed by atoms with Crippen LogP contribution >= 0.6 is 22.9 Å². The average molecular weight is 437 g/mol. The summed E-state index contributed by atoms with van der Waals surface area (Å²) < 4.78 is 8.59. The zero-order valence-corrected chi connectivity index (χ0v) is 17.7. The first-order valence-electron chi connectivity index (χ1n) is 9.96. The fourth-order valence-corrected chi connectivity index (χ4v) is 5.81. The lowest BCUT2D eigenvalue weighted by atomic mass is 9.98. The van der Waals surface area contributed by atoms with Gasteiger partial charge in [-0.2, -0.15) is 0 Å². The summed E-state index contributed by atoms with van der Waals surface area (Å²) in [6.45, 7) is 0. The maximum absolute atomic E-state index is 6.43. The molecule has 0 radical (unpaired) electrons. The Kier molecular flexibility index (Phi) is 3.48. The summed E-state index contributed by atoms with van der Waals surface area (Å²) in [5.74, 6) is 0. The first-order valence-corrected chi connectivity index (χ1v) is 11.2. The first-order chi connectivity index (χ1) is 15.3. The Morgan fingerprint density at radius 2 is 1.52 bits per heavy atom. The van der Waals surface area contributed by atoms with Crippen LogP contribution in [0.1, 0.15) is 0 Å². The number of halogens is 1. The van der Waals surface area contributed by atoms with Gasteiger partial charge in [-0.05, 0) is 40.6 Å². The molecule has 0 spiro atoms. The summed E-state index contributed by atoms with van der Waals surface area (Å²) in [5.41, 5.74) is 4.32. The van der Waals surface area contributed by atoms with Crippen LogP contribution in [0.2, 0.25) is 5.28 Å². The van der Waals surface area contributed by atoms with E-state index in [2.05, 4.69) is 53.5 Å². The van der Waals surface area contributed by atoms with Crippen molar-refractivity contribution in [3.8, 4) is 11.3 Å². The van der Waals surface area contributed by atoms with E-state index in [1.807, 2.05) is 30.3 Å². The van der Waals surface area contributed by atoms with Crippen LogP contribution in [-0.4, -0.2) is 9.97 Å². The number of aromatic nitrogens is 2. The fourth-order valence-electron chi connectivity index (χ4n) is 4.50. The summed E-state index contributed by atoms with van der Waals surface area (Å²) in [6, 6.07) is 27.0. The minimum absolute atomic E-state index is 0.239. The van der Waals surface area contributed by atoms with Crippen LogP contribution in [0, 0.1) is 0 Å². The van der Waals surface area contributed by atoms with E-state index in [4.69, 9.17) is 21.0 Å². The molecule has 3 aromatic heterocycles. The number of hydrogen-bond acceptors (Lipinski definition) is 4. The number of nitrogens with zero attached hydrogens (tertiary/aromatic N) is 2. The van der Waals surface area contributed by atoms with Gasteiger partial charge in [0.2, 0.25) is 5.28 Å². The average Bonchev–Trinajstić information content (AvgIpc) is 3.37. The summed E-state index contributed by atoms with van der Waals surface area (Å²) in [5, 5.41) is 5.84. The molecular weight excluding hydrogens is 424 g/mol. The Morgan fingerprint density at radius 1 is 0.774 bits per heavy atom. The third-order valence-electron chi connectivity index (χ3n) is 5.82. The van der Waals surface area contributed by atoms with Gasteiger partial charge < -0.3 is 4.42 Å². The van der Waals surface area contributed by atoms with Gasteiger partial charge in [-0.3, -0.25) is 0 Å². The van der Waals surface area contributed by atoms with Gasteiger partial charge in [0.15, 0.2) is 0 Å². The van der Waals surface area contributed by atoms with Gasteiger partial charge >= 0.3 is 0 Å². The molecule has 0 aliphatic heterocycles. The predicted molar refractivity (Wildman–Crippen MR) is 130 cm³/mol. The van der Waals surface area contributed by atoms with E-state index in [0.717, 1.165) is 58.9 Å². The molecule has 0 unspecified atom stereocenters. The maximum atomic E-state index is 6.43. The van der Waals surface area contributed by atoms with Crippen LogP contribution in [0.5, 0.6) is 0 Å². The van der Waals surface area contributed by atoms with Gasteiger partial charge in [-0.15, -0.1) is 11.3 Å². The van der Waals surface area contributed by atoms with E-state index in [1.54, 1.807) is 11.3 Å². The van der Waals surface area contributed by atoms with E-state index in [0.29, 0.717) is 0 Å². The molecule has 7 rings (SSSR count). The maximum Gasteiger partial charge on any atom is 0.223 e. The normalized spacial score (nSPS) is 12.0. The Bertz CT molecular complexity index is 1820. The molecule has 0 N–H and O–H groups in total. The van der Waals surface area contributed by atoms with Gasteiger partial charge in [0.25, 0.3) is 0 Å². The second kappa shape index (κ2) is 6.27. The van der Waals surface area contributed by atoms with E-state index in [1.165, 1.54) is 5.39 Å². The quantitative estimate of drug-likeness (QED) is 0.243. The zero-order chi connectivity index (χ0) is 20.5. The lowest BCUT2D eigenvalue weighted by Gasteiger charge is -2.07. The Labute approximate surface area is 185 Å². The van der Waals surface area contributed by atoms with Crippen LogP contribution in [0.3, 0.4) is 0 Å². The molecule has 4 aromatic carbocycles. The Balaban J connectivity index is 1.71. The summed E-state index contributed by atoms with van der Waals surface area (Å²) in [4.78, 5) is 9.27. The number of para-hydroxylation sites is 1. The third-order valence-corrected chi connectivity index (χ3v) is 7.15. The van der Waals surface area contributed by atoms with Crippen molar-refractivity contribution in [1.29, 1.82) is 0 Å². The number of benzene rings is 4. The van der Waals surface area contributed by atoms with Crippen molar-refractivity contribution in [3.63, 3.8) is 0 Å². The highest BCUT2D eigenvalue weighted by molar-refractivity contribution is 7.26. The molecule has 31 heavy (non-hydrogen) atoms. The molecule has 0 aliphatic rings. The molecule has 0 saturated carbocycles. The summed E-state index contributed by atoms with van der Waals surface area (Å²) in [7, 11) is 0. The molecule has 5 heteroatoms. The lowest BCUT2D eigenvalue weighted by molar-refractivity contribution is 0.670. The monoisotopic (exact) mass is 436 g/mol. The topological polar surface area (TPSA) is 38.9 Å². The Morgan fingerprint density at radius 3 is 2.42 bits per heavy atom. The fraction of sp³-hybridized carbons (Fsp3) is 0. The molecule has 0 atom stereocenters. The number of hydrogen-bond donors (Lipinski definition) is 0. The number of fused-ring (bicyclic) bond motifs is 8. The molecule has 3 heterocycles. The van der Waals surface area contributed by atoms with E-state index < -0.39 is 0 Å². The van der Waals surface area contributed by atoms with Crippen molar-refractivity contribution < 1.29 is 4.42 Å². The van der Waals surface area contributed by atoms with Crippen LogP contribution in [-0.2, 0) is 0 Å². The molecule has 3 nitrogen and oxygen atoms in total. The highest BCUT2D eigenvalue weighted by Gasteiger charge is 2.21. The molecule has 7 aromatic rings. The van der Waals surface area contributed by atoms with Crippen molar-refractivity contribution in [2.24, 2.45) is 0 Å². The molecule has 0 bridgehead atoms. The molecule has 0 amide bonds. The molecule has 146 valence electrons. The smallest absolute Gasteiger partial charge is 0.223 e. The highest BCUT2D eigenvalue weighted by atomic mass is 35.5. The van der Waals surface area contributed by atoms with Gasteiger partial charge in [-0.1, -0.05) is 60.7 Å². The minimum atomic E-state index is 0.239. The van der Waals surface area contributed by atoms with Crippen LogP contribution in [0.4, 0.5) is 0 Å². The number of rotatable bonds is 1. The summed E-state index contributed by atoms with van der Waals surface area (Å²) in [6.07, 6.45) is 0. The molecule has 0 fully saturated rings. The summed E-state index contributed by atoms with van der Waals surface area (Å²) >= 11 is 8.12. The van der Waals surface area contributed by atoms with E-state index >= 15 is 0 Å². The lowest BCUT2D eigenvalue weighted by Crippen LogP contribution is -1.90. The second-order valence-corrected chi connectivity index (χ2v) is 8.96. The SMILES string of the molecule is Clc1nc(-c2cc3ccccc3c3c2oc2ccccc23)c2sc3ccccc3c2n1. The zero-order valence-electron chi connectivity index (χ0n) is 16.1. The van der Waals surface area contributed by atoms with Gasteiger partial charge in [0, 0.05) is 26.4 Å². The van der Waals surface area contributed by atoms with Crippen molar-refractivity contribution in [2.75, 3.05) is 0 Å². The van der Waals surface area contributed by atoms with Crippen molar-refractivity contribution in [2.45, 2.75) is 0 Å². The van der Waals surface area contributed by atoms with Crippen molar-refractivity contribution in [3.05, 3.63) is 84.1 Å². The van der Waals surface area contributed by atoms with Crippen LogP contribution < -0.4 is 0 Å². The third kappa shape index (κ3) is 2.40. The second-order valence-electron chi connectivity index (χ2n) is 7.56. The predicted octanol–water partition coefficient (Wildman–Crippen LogP) is 8.22. The first kappa shape index (κ1) is 17.2. The molecular formula is C26H13ClN2OS. The van der Waals surface area contributed by atoms with Gasteiger partial charge in [-0.25, -0.2) is 9.97 Å². The Hall–Kier alpha value is -3.47. The minimum Gasteiger partial charge on any atom is -0.455 e.